The maximum atomic E-state index is 12.4. The van der Waals surface area contributed by atoms with Crippen molar-refractivity contribution in [2.75, 3.05) is 5.32 Å². The summed E-state index contributed by atoms with van der Waals surface area (Å²) < 4.78 is 1.59. The summed E-state index contributed by atoms with van der Waals surface area (Å²) in [4.78, 5) is 12.4. The number of tetrazole rings is 1. The number of nitrogens with zero attached hydrogens (tertiary/aromatic N) is 4. The Kier molecular flexibility index (Phi) is 4.37. The van der Waals surface area contributed by atoms with Crippen LogP contribution >= 0.6 is 0 Å². The number of aromatic nitrogens is 4. The number of carbonyl (C=O) groups is 1. The highest BCUT2D eigenvalue weighted by Crippen LogP contribution is 2.20. The van der Waals surface area contributed by atoms with Gasteiger partial charge in [0.25, 0.3) is 5.91 Å². The van der Waals surface area contributed by atoms with E-state index in [1.54, 1.807) is 11.7 Å². The Hall–Kier alpha value is -3.02. The van der Waals surface area contributed by atoms with Crippen molar-refractivity contribution >= 4 is 11.6 Å². The lowest BCUT2D eigenvalue weighted by molar-refractivity contribution is 0.102. The number of nitrogens with one attached hydrogen (secondary N) is 1. The van der Waals surface area contributed by atoms with Crippen molar-refractivity contribution in [1.82, 2.24) is 20.2 Å². The zero-order chi connectivity index (χ0) is 17.1. The molecule has 1 aromatic heterocycles. The van der Waals surface area contributed by atoms with Gasteiger partial charge in [-0.15, -0.1) is 5.10 Å². The fourth-order valence-electron chi connectivity index (χ4n) is 2.43. The molecule has 0 unspecified atom stereocenters. The Balaban J connectivity index is 1.78. The molecule has 3 aromatic rings. The van der Waals surface area contributed by atoms with Crippen molar-refractivity contribution in [1.29, 1.82) is 0 Å². The molecule has 6 nitrogen and oxygen atoms in total. The van der Waals surface area contributed by atoms with Crippen LogP contribution in [0.2, 0.25) is 0 Å². The van der Waals surface area contributed by atoms with E-state index < -0.39 is 0 Å². The Morgan fingerprint density at radius 1 is 1.12 bits per heavy atom. The summed E-state index contributed by atoms with van der Waals surface area (Å²) in [6.45, 7) is 4.25. The van der Waals surface area contributed by atoms with Crippen LogP contribution in [0, 0.1) is 0 Å². The lowest BCUT2D eigenvalue weighted by Crippen LogP contribution is -2.12. The van der Waals surface area contributed by atoms with Gasteiger partial charge in [-0.05, 0) is 46.2 Å². The first-order chi connectivity index (χ1) is 11.5. The molecule has 24 heavy (non-hydrogen) atoms. The van der Waals surface area contributed by atoms with Gasteiger partial charge in [0.05, 0.1) is 0 Å². The average molecular weight is 321 g/mol. The third-order valence-electron chi connectivity index (χ3n) is 3.84. The largest absolute Gasteiger partial charge is 0.322 e. The first-order valence-electron chi connectivity index (χ1n) is 7.78. The van der Waals surface area contributed by atoms with Gasteiger partial charge in [0.1, 0.15) is 0 Å². The van der Waals surface area contributed by atoms with Crippen LogP contribution in [0.1, 0.15) is 35.7 Å². The Labute approximate surface area is 140 Å². The van der Waals surface area contributed by atoms with Crippen molar-refractivity contribution < 1.29 is 4.79 Å². The smallest absolute Gasteiger partial charge is 0.255 e. The van der Waals surface area contributed by atoms with Crippen molar-refractivity contribution in [3.63, 3.8) is 0 Å². The second kappa shape index (κ2) is 6.62. The second-order valence-electron chi connectivity index (χ2n) is 5.94. The molecule has 0 fully saturated rings. The number of amides is 1. The molecule has 0 aliphatic rings. The van der Waals surface area contributed by atoms with Crippen LogP contribution in [0.3, 0.4) is 0 Å². The lowest BCUT2D eigenvalue weighted by Gasteiger charge is -2.09. The normalized spacial score (nSPS) is 10.8. The summed E-state index contributed by atoms with van der Waals surface area (Å²) in [6.07, 6.45) is 0. The molecule has 0 saturated heterocycles. The van der Waals surface area contributed by atoms with Gasteiger partial charge in [0.15, 0.2) is 5.82 Å². The van der Waals surface area contributed by atoms with E-state index >= 15 is 0 Å². The molecule has 0 radical (unpaired) electrons. The second-order valence-corrected chi connectivity index (χ2v) is 5.94. The van der Waals surface area contributed by atoms with Gasteiger partial charge in [-0.2, -0.15) is 0 Å². The van der Waals surface area contributed by atoms with E-state index in [4.69, 9.17) is 0 Å². The molecular weight excluding hydrogens is 302 g/mol. The van der Waals surface area contributed by atoms with Crippen molar-refractivity contribution in [3.05, 3.63) is 59.7 Å². The maximum Gasteiger partial charge on any atom is 0.255 e. The first kappa shape index (κ1) is 15.9. The number of hydrogen-bond acceptors (Lipinski definition) is 4. The third kappa shape index (κ3) is 3.32. The molecule has 1 heterocycles. The van der Waals surface area contributed by atoms with E-state index in [1.165, 1.54) is 5.56 Å². The molecule has 0 bridgehead atoms. The number of benzene rings is 2. The highest BCUT2D eigenvalue weighted by molar-refractivity contribution is 6.04. The molecule has 0 aliphatic carbocycles. The molecule has 122 valence electrons. The van der Waals surface area contributed by atoms with E-state index in [1.807, 2.05) is 48.5 Å². The molecule has 6 heteroatoms. The van der Waals surface area contributed by atoms with Gasteiger partial charge in [-0.1, -0.05) is 38.1 Å². The van der Waals surface area contributed by atoms with E-state index in [9.17, 15) is 4.79 Å². The van der Waals surface area contributed by atoms with Crippen molar-refractivity contribution in [2.24, 2.45) is 7.05 Å². The number of hydrogen-bond donors (Lipinski definition) is 1. The lowest BCUT2D eigenvalue weighted by atomic mass is 10.0. The molecule has 1 amide bonds. The number of rotatable bonds is 4. The number of carbonyl (C=O) groups excluding carboxylic acids is 1. The predicted octanol–water partition coefficient (Wildman–Crippen LogP) is 3.25. The standard InChI is InChI=1S/C18H19N5O/c1-12(2)13-7-9-14(10-8-13)18(24)19-16-6-4-5-15(11-16)17-20-21-22-23(17)3/h4-12H,1-3H3,(H,19,24). The zero-order valence-corrected chi connectivity index (χ0v) is 13.9. The van der Waals surface area contributed by atoms with E-state index in [-0.39, 0.29) is 5.91 Å². The summed E-state index contributed by atoms with van der Waals surface area (Å²) in [5, 5.41) is 14.3. The van der Waals surface area contributed by atoms with Crippen molar-refractivity contribution in [2.45, 2.75) is 19.8 Å². The Morgan fingerprint density at radius 3 is 2.50 bits per heavy atom. The summed E-state index contributed by atoms with van der Waals surface area (Å²) >= 11 is 0. The van der Waals surface area contributed by atoms with Crippen LogP contribution in [-0.2, 0) is 7.05 Å². The summed E-state index contributed by atoms with van der Waals surface area (Å²) in [5.41, 5.74) is 3.39. The van der Waals surface area contributed by atoms with E-state index in [0.29, 0.717) is 23.0 Å². The number of anilines is 1. The van der Waals surface area contributed by atoms with Gasteiger partial charge >= 0.3 is 0 Å². The van der Waals surface area contributed by atoms with Crippen LogP contribution in [0.4, 0.5) is 5.69 Å². The van der Waals surface area contributed by atoms with Crippen LogP contribution in [-0.4, -0.2) is 26.1 Å². The average Bonchev–Trinajstić information content (AvgIpc) is 3.01. The maximum absolute atomic E-state index is 12.4. The molecule has 0 spiro atoms. The van der Waals surface area contributed by atoms with Crippen LogP contribution in [0.5, 0.6) is 0 Å². The van der Waals surface area contributed by atoms with Crippen LogP contribution < -0.4 is 5.32 Å². The predicted molar refractivity (Wildman–Crippen MR) is 92.7 cm³/mol. The van der Waals surface area contributed by atoms with Gasteiger partial charge in [0, 0.05) is 23.9 Å². The summed E-state index contributed by atoms with van der Waals surface area (Å²) in [5.74, 6) is 0.949. The minimum Gasteiger partial charge on any atom is -0.322 e. The van der Waals surface area contributed by atoms with Crippen LogP contribution in [0.25, 0.3) is 11.4 Å². The number of aryl methyl sites for hydroxylation is 1. The van der Waals surface area contributed by atoms with E-state index in [0.717, 1.165) is 5.56 Å². The molecular formula is C18H19N5O. The van der Waals surface area contributed by atoms with Gasteiger partial charge < -0.3 is 5.32 Å². The minimum atomic E-state index is -0.140. The topological polar surface area (TPSA) is 72.7 Å². The molecule has 0 saturated carbocycles. The monoisotopic (exact) mass is 321 g/mol. The fraction of sp³-hybridized carbons (Fsp3) is 0.222. The fourth-order valence-corrected chi connectivity index (χ4v) is 2.43. The minimum absolute atomic E-state index is 0.140. The first-order valence-corrected chi connectivity index (χ1v) is 7.78. The molecule has 2 aromatic carbocycles. The van der Waals surface area contributed by atoms with Crippen LogP contribution in [0.15, 0.2) is 48.5 Å². The molecule has 0 aliphatic heterocycles. The van der Waals surface area contributed by atoms with Gasteiger partial charge in [-0.25, -0.2) is 4.68 Å². The Morgan fingerprint density at radius 2 is 1.88 bits per heavy atom. The zero-order valence-electron chi connectivity index (χ0n) is 13.9. The molecule has 0 atom stereocenters. The summed E-state index contributed by atoms with van der Waals surface area (Å²) in [7, 11) is 1.77. The molecule has 3 rings (SSSR count). The van der Waals surface area contributed by atoms with Crippen molar-refractivity contribution in [3.8, 4) is 11.4 Å². The van der Waals surface area contributed by atoms with E-state index in [2.05, 4.69) is 34.7 Å². The Bertz CT molecular complexity index is 852. The highest BCUT2D eigenvalue weighted by Gasteiger charge is 2.10. The SMILES string of the molecule is CC(C)c1ccc(C(=O)Nc2cccc(-c3nnnn3C)c2)cc1. The third-order valence-corrected chi connectivity index (χ3v) is 3.84. The quantitative estimate of drug-likeness (QED) is 0.800. The summed E-state index contributed by atoms with van der Waals surface area (Å²) in [6, 6.07) is 15.1. The van der Waals surface area contributed by atoms with Gasteiger partial charge in [-0.3, -0.25) is 4.79 Å². The molecule has 1 N–H and O–H groups in total. The van der Waals surface area contributed by atoms with Gasteiger partial charge in [0.2, 0.25) is 0 Å². The highest BCUT2D eigenvalue weighted by atomic mass is 16.1.